The van der Waals surface area contributed by atoms with Crippen molar-refractivity contribution in [3.63, 3.8) is 0 Å². The van der Waals surface area contributed by atoms with Crippen LogP contribution in [-0.2, 0) is 0 Å². The molecule has 0 atom stereocenters. The average molecular weight is 276 g/mol. The fraction of sp³-hybridized carbons (Fsp3) is 0.500. The lowest BCUT2D eigenvalue weighted by atomic mass is 10.1. The molecule has 76 valence electrons. The molecule has 1 aromatic heterocycles. The quantitative estimate of drug-likeness (QED) is 0.732. The molecule has 2 nitrogen and oxygen atoms in total. The molecule has 1 aliphatic rings. The van der Waals surface area contributed by atoms with Gasteiger partial charge in [-0.1, -0.05) is 27.5 Å². The van der Waals surface area contributed by atoms with Gasteiger partial charge in [0.15, 0.2) is 0 Å². The van der Waals surface area contributed by atoms with Crippen LogP contribution in [0.3, 0.4) is 0 Å². The van der Waals surface area contributed by atoms with Crippen LogP contribution in [0.5, 0.6) is 0 Å². The maximum atomic E-state index is 5.79. The first-order valence-electron chi connectivity index (χ1n) is 4.76. The molecule has 14 heavy (non-hydrogen) atoms. The molecule has 0 aliphatic carbocycles. The summed E-state index contributed by atoms with van der Waals surface area (Å²) in [6.45, 7) is 2.15. The van der Waals surface area contributed by atoms with Crippen molar-refractivity contribution in [2.45, 2.75) is 17.7 Å². The Bertz CT molecular complexity index is 293. The first-order chi connectivity index (χ1) is 6.75. The summed E-state index contributed by atoms with van der Waals surface area (Å²) in [5.41, 5.74) is 0. The first-order valence-corrected chi connectivity index (χ1v) is 6.05. The van der Waals surface area contributed by atoms with E-state index in [-0.39, 0.29) is 0 Å². The molecule has 1 fully saturated rings. The number of hydrogen-bond acceptors (Lipinski definition) is 2. The Balaban J connectivity index is 2.05. The van der Waals surface area contributed by atoms with Gasteiger partial charge in [0.2, 0.25) is 0 Å². The van der Waals surface area contributed by atoms with Gasteiger partial charge in [-0.3, -0.25) is 0 Å². The second kappa shape index (κ2) is 4.49. The molecular weight excluding hydrogens is 263 g/mol. The summed E-state index contributed by atoms with van der Waals surface area (Å²) in [6.07, 6.45) is 4.08. The zero-order valence-corrected chi connectivity index (χ0v) is 10.1. The van der Waals surface area contributed by atoms with Crippen molar-refractivity contribution in [2.75, 3.05) is 18.0 Å². The first kappa shape index (κ1) is 10.2. The molecule has 2 rings (SSSR count). The Hall–Kier alpha value is -0.280. The topological polar surface area (TPSA) is 16.1 Å². The molecule has 0 saturated carbocycles. The standard InChI is InChI=1S/C10H12BrClN2/c11-8-3-5-14(6-4-8)10-2-1-9(12)7-13-10/h1-2,7-8H,3-6H2. The minimum atomic E-state index is 0.672. The maximum absolute atomic E-state index is 5.79. The van der Waals surface area contributed by atoms with E-state index in [2.05, 4.69) is 25.8 Å². The number of anilines is 1. The number of rotatable bonds is 1. The smallest absolute Gasteiger partial charge is 0.128 e. The van der Waals surface area contributed by atoms with Gasteiger partial charge >= 0.3 is 0 Å². The highest BCUT2D eigenvalue weighted by Gasteiger charge is 2.17. The van der Waals surface area contributed by atoms with Gasteiger partial charge in [-0.2, -0.15) is 0 Å². The van der Waals surface area contributed by atoms with E-state index in [0.717, 1.165) is 18.9 Å². The lowest BCUT2D eigenvalue weighted by Gasteiger charge is -2.30. The molecule has 0 bridgehead atoms. The van der Waals surface area contributed by atoms with Gasteiger partial charge in [-0.05, 0) is 25.0 Å². The largest absolute Gasteiger partial charge is 0.357 e. The van der Waals surface area contributed by atoms with Gasteiger partial charge in [0.05, 0.1) is 5.02 Å². The van der Waals surface area contributed by atoms with Gasteiger partial charge in [0, 0.05) is 24.1 Å². The predicted octanol–water partition coefficient (Wildman–Crippen LogP) is 3.10. The van der Waals surface area contributed by atoms with E-state index in [1.807, 2.05) is 12.1 Å². The highest BCUT2D eigenvalue weighted by Crippen LogP contribution is 2.22. The number of piperidine rings is 1. The van der Waals surface area contributed by atoms with E-state index in [1.54, 1.807) is 6.20 Å². The van der Waals surface area contributed by atoms with Gasteiger partial charge in [-0.15, -0.1) is 0 Å². The Morgan fingerprint density at radius 3 is 2.64 bits per heavy atom. The molecule has 0 aromatic carbocycles. The van der Waals surface area contributed by atoms with E-state index in [1.165, 1.54) is 12.8 Å². The predicted molar refractivity (Wildman–Crippen MR) is 63.4 cm³/mol. The van der Waals surface area contributed by atoms with E-state index in [9.17, 15) is 0 Å². The third kappa shape index (κ3) is 2.39. The summed E-state index contributed by atoms with van der Waals surface area (Å²) in [6, 6.07) is 3.88. The molecule has 1 saturated heterocycles. The fourth-order valence-electron chi connectivity index (χ4n) is 1.63. The van der Waals surface area contributed by atoms with Crippen LogP contribution < -0.4 is 4.90 Å². The molecule has 4 heteroatoms. The van der Waals surface area contributed by atoms with Crippen LogP contribution >= 0.6 is 27.5 Å². The number of aromatic nitrogens is 1. The Morgan fingerprint density at radius 2 is 2.07 bits per heavy atom. The van der Waals surface area contributed by atoms with Gasteiger partial charge < -0.3 is 4.90 Å². The van der Waals surface area contributed by atoms with Crippen LogP contribution in [0.1, 0.15) is 12.8 Å². The molecule has 0 unspecified atom stereocenters. The van der Waals surface area contributed by atoms with Crippen LogP contribution in [-0.4, -0.2) is 22.9 Å². The SMILES string of the molecule is Clc1ccc(N2CCC(Br)CC2)nc1. The van der Waals surface area contributed by atoms with Crippen molar-refractivity contribution in [2.24, 2.45) is 0 Å². The number of pyridine rings is 1. The summed E-state index contributed by atoms with van der Waals surface area (Å²) in [5.74, 6) is 1.04. The van der Waals surface area contributed by atoms with Gasteiger partial charge in [-0.25, -0.2) is 4.98 Å². The molecule has 1 aromatic rings. The number of hydrogen-bond donors (Lipinski definition) is 0. The lowest BCUT2D eigenvalue weighted by Crippen LogP contribution is -2.34. The summed E-state index contributed by atoms with van der Waals surface area (Å²) >= 11 is 9.42. The van der Waals surface area contributed by atoms with E-state index in [0.29, 0.717) is 9.85 Å². The summed E-state index contributed by atoms with van der Waals surface area (Å²) in [7, 11) is 0. The van der Waals surface area contributed by atoms with E-state index in [4.69, 9.17) is 11.6 Å². The minimum absolute atomic E-state index is 0.672. The number of alkyl halides is 1. The molecule has 0 amide bonds. The minimum Gasteiger partial charge on any atom is -0.357 e. The van der Waals surface area contributed by atoms with Crippen LogP contribution in [0.25, 0.3) is 0 Å². The second-order valence-corrected chi connectivity index (χ2v) is 5.23. The van der Waals surface area contributed by atoms with Crippen LogP contribution in [0.15, 0.2) is 18.3 Å². The molecule has 0 spiro atoms. The van der Waals surface area contributed by atoms with Crippen LogP contribution in [0, 0.1) is 0 Å². The van der Waals surface area contributed by atoms with Gasteiger partial charge in [0.1, 0.15) is 5.82 Å². The summed E-state index contributed by atoms with van der Waals surface area (Å²) < 4.78 is 0. The number of nitrogens with zero attached hydrogens (tertiary/aromatic N) is 2. The molecule has 0 radical (unpaired) electrons. The second-order valence-electron chi connectivity index (χ2n) is 3.50. The Kier molecular flexibility index (Phi) is 3.29. The third-order valence-corrected chi connectivity index (χ3v) is 3.60. The zero-order valence-electron chi connectivity index (χ0n) is 7.79. The monoisotopic (exact) mass is 274 g/mol. The van der Waals surface area contributed by atoms with E-state index >= 15 is 0 Å². The van der Waals surface area contributed by atoms with Crippen molar-refractivity contribution in [1.82, 2.24) is 4.98 Å². The fourth-order valence-corrected chi connectivity index (χ4v) is 2.15. The average Bonchev–Trinajstić information content (AvgIpc) is 2.21. The van der Waals surface area contributed by atoms with Crippen molar-refractivity contribution >= 4 is 33.3 Å². The van der Waals surface area contributed by atoms with Crippen molar-refractivity contribution in [1.29, 1.82) is 0 Å². The highest BCUT2D eigenvalue weighted by molar-refractivity contribution is 9.09. The lowest BCUT2D eigenvalue weighted by molar-refractivity contribution is 0.592. The Morgan fingerprint density at radius 1 is 1.36 bits per heavy atom. The number of halogens is 2. The van der Waals surface area contributed by atoms with Gasteiger partial charge in [0.25, 0.3) is 0 Å². The highest BCUT2D eigenvalue weighted by atomic mass is 79.9. The molecule has 0 N–H and O–H groups in total. The Labute approximate surface area is 97.4 Å². The summed E-state index contributed by atoms with van der Waals surface area (Å²) in [5, 5.41) is 0.698. The van der Waals surface area contributed by atoms with Crippen LogP contribution in [0.4, 0.5) is 5.82 Å². The van der Waals surface area contributed by atoms with Crippen molar-refractivity contribution < 1.29 is 0 Å². The molecular formula is C10H12BrClN2. The third-order valence-electron chi connectivity index (χ3n) is 2.46. The molecule has 1 aliphatic heterocycles. The summed E-state index contributed by atoms with van der Waals surface area (Å²) in [4.78, 5) is 7.28. The van der Waals surface area contributed by atoms with Crippen molar-refractivity contribution in [3.8, 4) is 0 Å². The van der Waals surface area contributed by atoms with Crippen LogP contribution in [0.2, 0.25) is 5.02 Å². The molecule has 2 heterocycles. The van der Waals surface area contributed by atoms with Crippen molar-refractivity contribution in [3.05, 3.63) is 23.4 Å². The normalized spacial score (nSPS) is 18.6. The van der Waals surface area contributed by atoms with E-state index < -0.39 is 0 Å². The zero-order chi connectivity index (χ0) is 9.97. The maximum Gasteiger partial charge on any atom is 0.128 e.